The average molecular weight is 738 g/mol. The predicted molar refractivity (Wildman–Crippen MR) is 231 cm³/mol. The summed E-state index contributed by atoms with van der Waals surface area (Å²) in [5.41, 5.74) is 23.1. The fraction of sp³-hybridized carbons (Fsp3) is 0.327. The molecule has 0 spiro atoms. The quantitative estimate of drug-likeness (QED) is 0.169. The van der Waals surface area contributed by atoms with Crippen LogP contribution in [-0.2, 0) is 6.42 Å². The molecule has 2 aliphatic heterocycles. The lowest BCUT2D eigenvalue weighted by molar-refractivity contribution is -0.719. The van der Waals surface area contributed by atoms with Crippen molar-refractivity contribution in [2.45, 2.75) is 112 Å². The van der Waals surface area contributed by atoms with Crippen LogP contribution < -0.4 is 9.13 Å². The second-order valence-corrected chi connectivity index (χ2v) is 17.5. The van der Waals surface area contributed by atoms with Crippen molar-refractivity contribution in [3.05, 3.63) is 141 Å². The summed E-state index contributed by atoms with van der Waals surface area (Å²) < 4.78 is 12.1. The second kappa shape index (κ2) is 13.4. The van der Waals surface area contributed by atoms with E-state index in [0.29, 0.717) is 17.5 Å². The largest absolute Gasteiger partial charge is 0.437 e. The molecule has 2 atom stereocenters. The van der Waals surface area contributed by atoms with Crippen LogP contribution in [0.3, 0.4) is 0 Å². The van der Waals surface area contributed by atoms with Crippen molar-refractivity contribution in [2.24, 2.45) is 0 Å². The molecule has 4 nitrogen and oxygen atoms in total. The minimum atomic E-state index is 0.268. The van der Waals surface area contributed by atoms with Crippen LogP contribution in [0.1, 0.15) is 120 Å². The van der Waals surface area contributed by atoms with Gasteiger partial charge in [-0.25, -0.2) is 4.98 Å². The maximum absolute atomic E-state index is 7.08. The molecular formula is C52H55N3O+2. The zero-order chi connectivity index (χ0) is 39.3. The van der Waals surface area contributed by atoms with E-state index in [0.717, 1.165) is 58.3 Å². The van der Waals surface area contributed by atoms with Crippen LogP contribution in [0, 0.1) is 41.5 Å². The second-order valence-electron chi connectivity index (χ2n) is 17.5. The Balaban J connectivity index is 1.29. The topological polar surface area (TPSA) is 33.8 Å². The molecule has 9 rings (SSSR count). The highest BCUT2D eigenvalue weighted by Crippen LogP contribution is 2.47. The maximum atomic E-state index is 7.08. The van der Waals surface area contributed by atoms with Gasteiger partial charge in [-0.3, -0.25) is 0 Å². The van der Waals surface area contributed by atoms with E-state index in [2.05, 4.69) is 157 Å². The van der Waals surface area contributed by atoms with Crippen molar-refractivity contribution >= 4 is 27.8 Å². The van der Waals surface area contributed by atoms with E-state index >= 15 is 0 Å². The van der Waals surface area contributed by atoms with Gasteiger partial charge in [0.1, 0.15) is 0 Å². The summed E-state index contributed by atoms with van der Waals surface area (Å²) in [6.07, 6.45) is 5.18. The Bertz CT molecular complexity index is 2750. The van der Waals surface area contributed by atoms with Crippen LogP contribution in [-0.4, -0.2) is 4.98 Å². The average Bonchev–Trinajstić information content (AvgIpc) is 3.54. The van der Waals surface area contributed by atoms with Crippen molar-refractivity contribution < 1.29 is 13.6 Å². The molecule has 4 heteroatoms. The first-order valence-corrected chi connectivity index (χ1v) is 20.6. The highest BCUT2D eigenvalue weighted by atomic mass is 16.3. The van der Waals surface area contributed by atoms with Gasteiger partial charge >= 0.3 is 0 Å². The SMILES string of the molecule is C=C1CC2c3cc(C)ccc3-c3cc(C)c(C)c[n+]3C2CCc2ccc3c(oc4nc(-c5c(C(C)C)cccc5C(C)C)ccc43)c2-c2cc(C)c(C)c(C)[n+]21. The van der Waals surface area contributed by atoms with Crippen molar-refractivity contribution in [2.75, 3.05) is 0 Å². The molecule has 4 aromatic heterocycles. The first-order chi connectivity index (χ1) is 26.8. The van der Waals surface area contributed by atoms with Crippen LogP contribution >= 0.6 is 0 Å². The molecule has 0 radical (unpaired) electrons. The monoisotopic (exact) mass is 737 g/mol. The van der Waals surface area contributed by atoms with Crippen molar-refractivity contribution in [3.8, 4) is 33.8 Å². The fourth-order valence-electron chi connectivity index (χ4n) is 9.96. The third-order valence-electron chi connectivity index (χ3n) is 13.3. The zero-order valence-corrected chi connectivity index (χ0v) is 34.9. The van der Waals surface area contributed by atoms with Crippen molar-refractivity contribution in [3.63, 3.8) is 0 Å². The van der Waals surface area contributed by atoms with Gasteiger partial charge in [-0.2, -0.15) is 9.13 Å². The maximum Gasteiger partial charge on any atom is 0.227 e. The van der Waals surface area contributed by atoms with Crippen molar-refractivity contribution in [1.29, 1.82) is 0 Å². The first-order valence-electron chi connectivity index (χ1n) is 20.6. The minimum absolute atomic E-state index is 0.268. The molecule has 0 saturated carbocycles. The molecule has 0 N–H and O–H groups in total. The molecule has 6 heterocycles. The Morgan fingerprint density at radius 1 is 0.750 bits per heavy atom. The van der Waals surface area contributed by atoms with Crippen LogP contribution in [0.2, 0.25) is 0 Å². The summed E-state index contributed by atoms with van der Waals surface area (Å²) in [7, 11) is 0. The zero-order valence-electron chi connectivity index (χ0n) is 34.9. The van der Waals surface area contributed by atoms with Gasteiger partial charge in [0, 0.05) is 64.9 Å². The van der Waals surface area contributed by atoms with E-state index in [-0.39, 0.29) is 12.0 Å². The molecule has 0 amide bonds. The van der Waals surface area contributed by atoms with E-state index < -0.39 is 0 Å². The molecule has 0 aliphatic carbocycles. The third kappa shape index (κ3) is 5.58. The predicted octanol–water partition coefficient (Wildman–Crippen LogP) is 12.8. The molecule has 2 unspecified atom stereocenters. The van der Waals surface area contributed by atoms with Gasteiger partial charge in [0.2, 0.25) is 17.1 Å². The molecule has 56 heavy (non-hydrogen) atoms. The summed E-state index contributed by atoms with van der Waals surface area (Å²) in [6, 6.07) is 27.9. The number of aryl methyl sites for hydroxylation is 5. The molecule has 3 aromatic carbocycles. The molecule has 7 aromatic rings. The number of aromatic nitrogens is 3. The van der Waals surface area contributed by atoms with Crippen LogP contribution in [0.25, 0.3) is 61.5 Å². The van der Waals surface area contributed by atoms with Gasteiger partial charge in [0.15, 0.2) is 29.2 Å². The highest BCUT2D eigenvalue weighted by molar-refractivity contribution is 6.09. The number of hydrogen-bond acceptors (Lipinski definition) is 2. The normalized spacial score (nSPS) is 16.5. The number of rotatable bonds is 3. The Morgan fingerprint density at radius 2 is 1.46 bits per heavy atom. The smallest absolute Gasteiger partial charge is 0.227 e. The van der Waals surface area contributed by atoms with Crippen molar-refractivity contribution in [1.82, 2.24) is 4.98 Å². The molecule has 2 aliphatic rings. The number of hydrogen-bond donors (Lipinski definition) is 0. The fourth-order valence-corrected chi connectivity index (χ4v) is 9.96. The Kier molecular flexibility index (Phi) is 8.68. The highest BCUT2D eigenvalue weighted by Gasteiger charge is 2.43. The number of allylic oxidation sites excluding steroid dienone is 1. The number of benzene rings is 3. The van der Waals surface area contributed by atoms with Crippen LogP contribution in [0.4, 0.5) is 0 Å². The lowest BCUT2D eigenvalue weighted by atomic mass is 9.76. The van der Waals surface area contributed by atoms with Gasteiger partial charge in [-0.1, -0.05) is 75.7 Å². The van der Waals surface area contributed by atoms with E-state index in [1.807, 2.05) is 0 Å². The standard InChI is InChI=1S/C52H55N3O/c1-28(2)38-13-12-14-39(29(3)4)50(38)45-21-20-42-41-19-16-37-17-22-46-44(43-23-30(5)15-18-40(43)47-24-31(6)33(8)27-54(46)47)26-34(9)55-36(11)35(10)32(7)25-48(55)49(37)51(41)56-52(42)53-45/h12-16,18-21,23-25,27-29,44,46H,9,17,22,26H2,1-8,10-11H3/q+2. The van der Waals surface area contributed by atoms with Gasteiger partial charge in [-0.15, -0.1) is 0 Å². The Labute approximate surface area is 332 Å². The number of nitrogens with zero attached hydrogens (tertiary/aromatic N) is 3. The van der Waals surface area contributed by atoms with E-state index in [1.165, 1.54) is 72.6 Å². The molecule has 0 bridgehead atoms. The molecule has 282 valence electrons. The lowest BCUT2D eigenvalue weighted by Crippen LogP contribution is -2.49. The van der Waals surface area contributed by atoms with Crippen LogP contribution in [0.15, 0.2) is 90.0 Å². The Hall–Kier alpha value is -5.35. The Morgan fingerprint density at radius 3 is 2.20 bits per heavy atom. The summed E-state index contributed by atoms with van der Waals surface area (Å²) in [5, 5.41) is 2.16. The number of pyridine rings is 3. The van der Waals surface area contributed by atoms with E-state index in [1.54, 1.807) is 0 Å². The van der Waals surface area contributed by atoms with E-state index in [9.17, 15) is 0 Å². The first kappa shape index (κ1) is 36.3. The summed E-state index contributed by atoms with van der Waals surface area (Å²) >= 11 is 0. The van der Waals surface area contributed by atoms with Gasteiger partial charge in [0.05, 0.1) is 17.2 Å². The molecular weight excluding hydrogens is 683 g/mol. The lowest BCUT2D eigenvalue weighted by Gasteiger charge is -2.32. The number of fused-ring (bicyclic) bond motifs is 13. The number of furan rings is 1. The van der Waals surface area contributed by atoms with Crippen LogP contribution in [0.5, 0.6) is 0 Å². The van der Waals surface area contributed by atoms with E-state index in [4.69, 9.17) is 16.0 Å². The minimum Gasteiger partial charge on any atom is -0.437 e. The van der Waals surface area contributed by atoms with Gasteiger partial charge < -0.3 is 4.42 Å². The summed E-state index contributed by atoms with van der Waals surface area (Å²) in [5.74, 6) is 1.03. The summed E-state index contributed by atoms with van der Waals surface area (Å²) in [4.78, 5) is 5.34. The molecule has 0 fully saturated rings. The third-order valence-corrected chi connectivity index (χ3v) is 13.3. The van der Waals surface area contributed by atoms with Gasteiger partial charge in [-0.05, 0) is 111 Å². The van der Waals surface area contributed by atoms with Gasteiger partial charge in [0.25, 0.3) is 0 Å². The summed E-state index contributed by atoms with van der Waals surface area (Å²) in [6.45, 7) is 27.5. The molecule has 0 saturated heterocycles.